The lowest BCUT2D eigenvalue weighted by Gasteiger charge is -2.14. The summed E-state index contributed by atoms with van der Waals surface area (Å²) in [7, 11) is 0. The minimum absolute atomic E-state index is 0.115. The first kappa shape index (κ1) is 16.9. The molecule has 0 spiro atoms. The van der Waals surface area contributed by atoms with Gasteiger partial charge in [0.2, 0.25) is 5.91 Å². The predicted octanol–water partition coefficient (Wildman–Crippen LogP) is 1.92. The summed E-state index contributed by atoms with van der Waals surface area (Å²) in [6.07, 6.45) is -0.200. The summed E-state index contributed by atoms with van der Waals surface area (Å²) in [4.78, 5) is 33.5. The van der Waals surface area contributed by atoms with Crippen molar-refractivity contribution in [2.24, 2.45) is 5.73 Å². The number of hydrogen-bond acceptors (Lipinski definition) is 3. The maximum absolute atomic E-state index is 11.2. The van der Waals surface area contributed by atoms with Gasteiger partial charge in [-0.3, -0.25) is 4.79 Å². The molecule has 0 aromatic heterocycles. The van der Waals surface area contributed by atoms with Crippen molar-refractivity contribution >= 4 is 85.6 Å². The van der Waals surface area contributed by atoms with Gasteiger partial charge in [-0.2, -0.15) is 0 Å². The molecule has 1 amide bonds. The first-order valence-corrected chi connectivity index (χ1v) is 7.86. The van der Waals surface area contributed by atoms with Gasteiger partial charge >= 0.3 is 11.9 Å². The molecule has 0 saturated heterocycles. The quantitative estimate of drug-likeness (QED) is 0.457. The molecule has 0 aliphatic rings. The molecule has 0 bridgehead atoms. The summed E-state index contributed by atoms with van der Waals surface area (Å²) >= 11 is 5.27. The number of primary amides is 1. The molecule has 0 aliphatic carbocycles. The number of rotatable bonds is 4. The van der Waals surface area contributed by atoms with Crippen molar-refractivity contribution in [1.29, 1.82) is 0 Å². The van der Waals surface area contributed by atoms with Crippen LogP contribution in [0.15, 0.2) is 0 Å². The summed E-state index contributed by atoms with van der Waals surface area (Å²) in [6, 6.07) is 0. The summed E-state index contributed by atoms with van der Waals surface area (Å²) in [6.45, 7) is 0. The Bertz CT molecular complexity index is 558. The molecule has 9 heteroatoms. The van der Waals surface area contributed by atoms with Crippen LogP contribution >= 0.6 is 67.8 Å². The highest BCUT2D eigenvalue weighted by Gasteiger charge is 2.27. The van der Waals surface area contributed by atoms with Crippen LogP contribution < -0.4 is 5.73 Å². The van der Waals surface area contributed by atoms with E-state index in [0.717, 1.165) is 0 Å². The number of halogens is 3. The minimum atomic E-state index is -1.24. The van der Waals surface area contributed by atoms with Crippen LogP contribution in [0.1, 0.15) is 26.3 Å². The molecule has 19 heavy (non-hydrogen) atoms. The average Bonchev–Trinajstić information content (AvgIpc) is 2.22. The Kier molecular flexibility index (Phi) is 5.78. The molecule has 6 nitrogen and oxygen atoms in total. The van der Waals surface area contributed by atoms with E-state index in [1.807, 2.05) is 0 Å². The fourth-order valence-electron chi connectivity index (χ4n) is 1.42. The van der Waals surface area contributed by atoms with E-state index in [4.69, 9.17) is 5.73 Å². The number of benzene rings is 1. The maximum Gasteiger partial charge on any atom is 0.337 e. The lowest BCUT2D eigenvalue weighted by molar-refractivity contribution is -0.117. The van der Waals surface area contributed by atoms with Crippen LogP contribution in [0.2, 0.25) is 0 Å². The maximum atomic E-state index is 11.2. The Morgan fingerprint density at radius 3 is 1.53 bits per heavy atom. The van der Waals surface area contributed by atoms with Gasteiger partial charge in [-0.1, -0.05) is 0 Å². The van der Waals surface area contributed by atoms with E-state index in [0.29, 0.717) is 12.7 Å². The Morgan fingerprint density at radius 2 is 1.26 bits per heavy atom. The van der Waals surface area contributed by atoms with Crippen molar-refractivity contribution in [2.75, 3.05) is 0 Å². The molecule has 0 radical (unpaired) electrons. The molecule has 0 saturated carbocycles. The van der Waals surface area contributed by atoms with Crippen LogP contribution in [0.3, 0.4) is 0 Å². The molecule has 1 aromatic rings. The lowest BCUT2D eigenvalue weighted by Crippen LogP contribution is -2.20. The van der Waals surface area contributed by atoms with E-state index in [-0.39, 0.29) is 21.1 Å². The van der Waals surface area contributed by atoms with E-state index < -0.39 is 17.8 Å². The largest absolute Gasteiger partial charge is 0.478 e. The third-order valence-electron chi connectivity index (χ3n) is 2.19. The van der Waals surface area contributed by atoms with Crippen molar-refractivity contribution in [3.05, 3.63) is 27.4 Å². The van der Waals surface area contributed by atoms with Crippen LogP contribution in [-0.4, -0.2) is 28.1 Å². The lowest BCUT2D eigenvalue weighted by atomic mass is 10.0. The molecule has 0 aliphatic heterocycles. The Morgan fingerprint density at radius 1 is 0.895 bits per heavy atom. The molecular weight excluding hydrogens is 595 g/mol. The minimum Gasteiger partial charge on any atom is -0.478 e. The number of carbonyl (C=O) groups excluding carboxylic acids is 1. The summed E-state index contributed by atoms with van der Waals surface area (Å²) in [5, 5.41) is 18.4. The molecule has 1 aromatic carbocycles. The zero-order valence-electron chi connectivity index (χ0n) is 9.04. The highest BCUT2D eigenvalue weighted by atomic mass is 127. The molecule has 4 N–H and O–H groups in total. The highest BCUT2D eigenvalue weighted by Crippen LogP contribution is 2.32. The summed E-state index contributed by atoms with van der Waals surface area (Å²) in [5.41, 5.74) is 5.22. The number of hydrogen-bond donors (Lipinski definition) is 3. The molecule has 0 atom stereocenters. The monoisotopic (exact) mass is 601 g/mol. The van der Waals surface area contributed by atoms with Gasteiger partial charge in [0.15, 0.2) is 0 Å². The zero-order valence-corrected chi connectivity index (χ0v) is 15.5. The molecule has 102 valence electrons. The topological polar surface area (TPSA) is 118 Å². The number of nitrogens with two attached hydrogens (primary N) is 1. The molecule has 0 heterocycles. The van der Waals surface area contributed by atoms with Crippen molar-refractivity contribution in [3.8, 4) is 0 Å². The van der Waals surface area contributed by atoms with Gasteiger partial charge < -0.3 is 15.9 Å². The van der Waals surface area contributed by atoms with Crippen LogP contribution in [-0.2, 0) is 11.2 Å². The highest BCUT2D eigenvalue weighted by molar-refractivity contribution is 14.1. The van der Waals surface area contributed by atoms with Gasteiger partial charge in [0.05, 0.1) is 17.5 Å². The molecule has 0 fully saturated rings. The normalized spacial score (nSPS) is 10.3. The van der Waals surface area contributed by atoms with Crippen molar-refractivity contribution in [3.63, 3.8) is 0 Å². The smallest absolute Gasteiger partial charge is 0.337 e. The van der Waals surface area contributed by atoms with Crippen molar-refractivity contribution in [1.82, 2.24) is 0 Å². The molecule has 1 rings (SSSR count). The Hall–Kier alpha value is -0.180. The van der Waals surface area contributed by atoms with Crippen LogP contribution in [0.4, 0.5) is 0 Å². The van der Waals surface area contributed by atoms with E-state index in [9.17, 15) is 24.6 Å². The van der Waals surface area contributed by atoms with Gasteiger partial charge in [-0.05, 0) is 73.3 Å². The first-order valence-electron chi connectivity index (χ1n) is 4.62. The van der Waals surface area contributed by atoms with E-state index in [2.05, 4.69) is 0 Å². The summed E-state index contributed by atoms with van der Waals surface area (Å²) < 4.78 is 0.810. The fourth-order valence-corrected chi connectivity index (χ4v) is 5.89. The van der Waals surface area contributed by atoms with Gasteiger partial charge in [-0.15, -0.1) is 0 Å². The zero-order chi connectivity index (χ0) is 14.9. The van der Waals surface area contributed by atoms with Crippen LogP contribution in [0, 0.1) is 10.7 Å². The Balaban J connectivity index is 3.79. The molecular formula is C10H6I3NO5. The van der Waals surface area contributed by atoms with Gasteiger partial charge in [0.25, 0.3) is 0 Å². The van der Waals surface area contributed by atoms with Gasteiger partial charge in [0.1, 0.15) is 0 Å². The second kappa shape index (κ2) is 6.51. The number of amides is 1. The third-order valence-corrected chi connectivity index (χ3v) is 5.65. The number of carbonyl (C=O) groups is 3. The number of aromatic carboxylic acids is 2. The SMILES string of the molecule is NC(=O)Cc1c(I)c(C(=O)O)c(I)c(C(=O)O)c1I. The standard InChI is InChI=1S/C10H6I3NO5/c11-6-2(1-3(14)15)7(12)5(10(18)19)8(13)4(6)9(16)17/h1H2,(H2,14,15)(H,16,17)(H,18,19). The second-order valence-corrected chi connectivity index (χ2v) is 6.66. The number of carboxylic acids is 2. The summed E-state index contributed by atoms with van der Waals surface area (Å²) in [5.74, 6) is -3.12. The van der Waals surface area contributed by atoms with E-state index in [1.165, 1.54) is 0 Å². The number of carboxylic acid groups (broad SMARTS) is 2. The molecule has 0 unspecified atom stereocenters. The van der Waals surface area contributed by atoms with Gasteiger partial charge in [-0.25, -0.2) is 9.59 Å². The fraction of sp³-hybridized carbons (Fsp3) is 0.100. The van der Waals surface area contributed by atoms with E-state index in [1.54, 1.807) is 67.8 Å². The first-order chi connectivity index (χ1) is 8.68. The van der Waals surface area contributed by atoms with E-state index >= 15 is 0 Å². The average molecular weight is 601 g/mol. The second-order valence-electron chi connectivity index (χ2n) is 3.42. The van der Waals surface area contributed by atoms with Crippen molar-refractivity contribution in [2.45, 2.75) is 6.42 Å². The van der Waals surface area contributed by atoms with Crippen LogP contribution in [0.25, 0.3) is 0 Å². The third kappa shape index (κ3) is 3.48. The van der Waals surface area contributed by atoms with Crippen LogP contribution in [0.5, 0.6) is 0 Å². The van der Waals surface area contributed by atoms with Crippen molar-refractivity contribution < 1.29 is 24.6 Å². The Labute approximate surface area is 148 Å². The predicted molar refractivity (Wildman–Crippen MR) is 91.4 cm³/mol. The van der Waals surface area contributed by atoms with Gasteiger partial charge in [0, 0.05) is 10.7 Å².